The first-order valence-corrected chi connectivity index (χ1v) is 16.0. The highest BCUT2D eigenvalue weighted by Gasteiger charge is 2.38. The molecule has 2 rings (SSSR count). The Morgan fingerprint density at radius 3 is 1.91 bits per heavy atom. The van der Waals surface area contributed by atoms with E-state index in [2.05, 4.69) is 10.7 Å². The number of nitrogens with one attached hydrogen (secondary N) is 2. The second-order valence-corrected chi connectivity index (χ2v) is 13.5. The van der Waals surface area contributed by atoms with Crippen molar-refractivity contribution in [3.05, 3.63) is 71.8 Å². The Labute approximate surface area is 269 Å². The molecule has 0 aromatic heterocycles. The predicted molar refractivity (Wildman–Crippen MR) is 176 cm³/mol. The summed E-state index contributed by atoms with van der Waals surface area (Å²) < 4.78 is 11.1. The fraction of sp³-hybridized carbons (Fsp3) is 0.556. The van der Waals surface area contributed by atoms with Gasteiger partial charge in [0.1, 0.15) is 18.2 Å². The maximum atomic E-state index is 14.0. The van der Waals surface area contributed by atoms with Gasteiger partial charge in [0, 0.05) is 6.54 Å². The molecule has 45 heavy (non-hydrogen) atoms. The van der Waals surface area contributed by atoms with Crippen molar-refractivity contribution in [2.24, 2.45) is 23.7 Å². The zero-order valence-electron chi connectivity index (χ0n) is 28.3. The molecule has 0 fully saturated rings. The average Bonchev–Trinajstić information content (AvgIpc) is 2.96. The summed E-state index contributed by atoms with van der Waals surface area (Å²) in [6.45, 7) is 15.1. The Balaban J connectivity index is 2.21. The van der Waals surface area contributed by atoms with Crippen molar-refractivity contribution in [1.29, 1.82) is 0 Å². The molecule has 3 atom stereocenters. The maximum Gasteiger partial charge on any atom is 0.408 e. The quantitative estimate of drug-likeness (QED) is 0.174. The zero-order chi connectivity index (χ0) is 33.6. The number of hydrazine groups is 1. The van der Waals surface area contributed by atoms with Gasteiger partial charge in [-0.1, -0.05) is 88.4 Å². The molecule has 0 heterocycles. The lowest BCUT2D eigenvalue weighted by Crippen LogP contribution is -2.56. The fourth-order valence-electron chi connectivity index (χ4n) is 5.00. The molecule has 3 amide bonds. The minimum Gasteiger partial charge on any atom is -0.460 e. The maximum absolute atomic E-state index is 14.0. The lowest BCUT2D eigenvalue weighted by atomic mass is 9.81. The molecule has 0 saturated carbocycles. The summed E-state index contributed by atoms with van der Waals surface area (Å²) in [5.41, 5.74) is 4.07. The number of carbonyl (C=O) groups is 4. The minimum atomic E-state index is -0.969. The molecule has 2 aromatic carbocycles. The molecule has 0 spiro atoms. The third kappa shape index (κ3) is 14.2. The summed E-state index contributed by atoms with van der Waals surface area (Å²) in [4.78, 5) is 53.6. The molecule has 2 N–H and O–H groups in total. The normalized spacial score (nSPS) is 13.5. The van der Waals surface area contributed by atoms with Crippen LogP contribution in [0.2, 0.25) is 0 Å². The monoisotopic (exact) mass is 623 g/mol. The van der Waals surface area contributed by atoms with Crippen molar-refractivity contribution in [2.75, 3.05) is 6.54 Å². The molecular formula is C36H53N3O6. The van der Waals surface area contributed by atoms with Gasteiger partial charge in [0.15, 0.2) is 0 Å². The first kappa shape index (κ1) is 37.3. The van der Waals surface area contributed by atoms with E-state index >= 15 is 0 Å². The van der Waals surface area contributed by atoms with Gasteiger partial charge < -0.3 is 14.8 Å². The van der Waals surface area contributed by atoms with E-state index in [0.717, 1.165) is 17.5 Å². The molecule has 2 aromatic rings. The van der Waals surface area contributed by atoms with E-state index in [1.165, 1.54) is 5.01 Å². The molecule has 9 nitrogen and oxygen atoms in total. The number of carbonyl (C=O) groups excluding carboxylic acids is 4. The van der Waals surface area contributed by atoms with E-state index in [1.807, 2.05) is 109 Å². The molecule has 9 heteroatoms. The van der Waals surface area contributed by atoms with Crippen LogP contribution in [0.5, 0.6) is 0 Å². The van der Waals surface area contributed by atoms with Gasteiger partial charge in [-0.3, -0.25) is 24.8 Å². The van der Waals surface area contributed by atoms with E-state index in [4.69, 9.17) is 9.47 Å². The number of nitrogens with zero attached hydrogens (tertiary/aromatic N) is 1. The topological polar surface area (TPSA) is 114 Å². The van der Waals surface area contributed by atoms with Crippen molar-refractivity contribution in [1.82, 2.24) is 15.8 Å². The van der Waals surface area contributed by atoms with Crippen molar-refractivity contribution >= 4 is 23.9 Å². The summed E-state index contributed by atoms with van der Waals surface area (Å²) in [6.07, 6.45) is 1.60. The number of hydrogen-bond acceptors (Lipinski definition) is 6. The number of ether oxygens (including phenoxy) is 2. The predicted octanol–water partition coefficient (Wildman–Crippen LogP) is 6.46. The van der Waals surface area contributed by atoms with Gasteiger partial charge in [0.05, 0.1) is 11.8 Å². The van der Waals surface area contributed by atoms with E-state index in [9.17, 15) is 19.2 Å². The molecule has 248 valence electrons. The van der Waals surface area contributed by atoms with Gasteiger partial charge in [-0.15, -0.1) is 0 Å². The third-order valence-corrected chi connectivity index (χ3v) is 7.06. The standard InChI is InChI=1S/C36H53N3O6/c1-25(2)22-31(30(34(42)45-36(6,7)8)21-15-20-28-16-11-9-12-17-28)32(40)38-39(23-26(3)4)33(41)27(5)37-35(43)44-24-29-18-13-10-14-19-29/h9-14,16-19,25-27,30-31H,15,20-24H2,1-8H3,(H,37,43)(H,38,40)/t27-,30?,31-/m1/s1. The van der Waals surface area contributed by atoms with Gasteiger partial charge in [-0.25, -0.2) is 4.79 Å². The second kappa shape index (κ2) is 18.2. The first-order valence-electron chi connectivity index (χ1n) is 16.0. The lowest BCUT2D eigenvalue weighted by molar-refractivity contribution is -0.165. The number of esters is 1. The summed E-state index contributed by atoms with van der Waals surface area (Å²) in [5, 5.41) is 3.82. The Morgan fingerprint density at radius 2 is 1.38 bits per heavy atom. The van der Waals surface area contributed by atoms with E-state index in [0.29, 0.717) is 19.3 Å². The van der Waals surface area contributed by atoms with Crippen molar-refractivity contribution in [2.45, 2.75) is 99.3 Å². The van der Waals surface area contributed by atoms with E-state index < -0.39 is 47.4 Å². The van der Waals surface area contributed by atoms with E-state index in [-0.39, 0.29) is 25.0 Å². The molecule has 0 saturated heterocycles. The highest BCUT2D eigenvalue weighted by Crippen LogP contribution is 2.29. The van der Waals surface area contributed by atoms with Crippen molar-refractivity contribution < 1.29 is 28.7 Å². The van der Waals surface area contributed by atoms with Crippen LogP contribution >= 0.6 is 0 Å². The van der Waals surface area contributed by atoms with Crippen molar-refractivity contribution in [3.63, 3.8) is 0 Å². The van der Waals surface area contributed by atoms with Crippen LogP contribution in [0, 0.1) is 23.7 Å². The van der Waals surface area contributed by atoms with Crippen LogP contribution in [0.25, 0.3) is 0 Å². The van der Waals surface area contributed by atoms with Gasteiger partial charge in [0.2, 0.25) is 5.91 Å². The smallest absolute Gasteiger partial charge is 0.408 e. The molecule has 0 bridgehead atoms. The molecular weight excluding hydrogens is 570 g/mol. The summed E-state index contributed by atoms with van der Waals surface area (Å²) in [5.74, 6) is -2.64. The summed E-state index contributed by atoms with van der Waals surface area (Å²) in [6, 6.07) is 18.3. The number of aryl methyl sites for hydroxylation is 1. The summed E-state index contributed by atoms with van der Waals surface area (Å²) >= 11 is 0. The molecule has 0 aliphatic carbocycles. The molecule has 0 aliphatic heterocycles. The number of rotatable bonds is 15. The molecule has 0 aliphatic rings. The van der Waals surface area contributed by atoms with Crippen LogP contribution in [0.3, 0.4) is 0 Å². The Morgan fingerprint density at radius 1 is 0.800 bits per heavy atom. The van der Waals surface area contributed by atoms with Gasteiger partial charge in [-0.05, 0) is 76.3 Å². The van der Waals surface area contributed by atoms with Crippen LogP contribution in [0.1, 0.15) is 85.8 Å². The van der Waals surface area contributed by atoms with Gasteiger partial charge in [0.25, 0.3) is 5.91 Å². The Bertz CT molecular complexity index is 1210. The SMILES string of the molecule is CC(C)C[C@@H](C(=O)NN(CC(C)C)C(=O)[C@@H](C)NC(=O)OCc1ccccc1)C(CCCc1ccccc1)C(=O)OC(C)(C)C. The zero-order valence-corrected chi connectivity index (χ0v) is 28.3. The van der Waals surface area contributed by atoms with Gasteiger partial charge >= 0.3 is 12.1 Å². The highest BCUT2D eigenvalue weighted by atomic mass is 16.6. The Kier molecular flexibility index (Phi) is 15.1. The van der Waals surface area contributed by atoms with Crippen LogP contribution in [-0.4, -0.2) is 47.1 Å². The first-order chi connectivity index (χ1) is 21.2. The van der Waals surface area contributed by atoms with Crippen LogP contribution < -0.4 is 10.7 Å². The number of hydrogen-bond donors (Lipinski definition) is 2. The number of alkyl carbamates (subject to hydrolysis) is 1. The fourth-order valence-corrected chi connectivity index (χ4v) is 5.00. The molecule has 1 unspecified atom stereocenters. The van der Waals surface area contributed by atoms with Crippen LogP contribution in [0.4, 0.5) is 4.79 Å². The average molecular weight is 624 g/mol. The van der Waals surface area contributed by atoms with E-state index in [1.54, 1.807) is 6.92 Å². The lowest BCUT2D eigenvalue weighted by Gasteiger charge is -2.33. The number of benzene rings is 2. The van der Waals surface area contributed by atoms with Crippen molar-refractivity contribution in [3.8, 4) is 0 Å². The third-order valence-electron chi connectivity index (χ3n) is 7.06. The van der Waals surface area contributed by atoms with Crippen LogP contribution in [0.15, 0.2) is 60.7 Å². The van der Waals surface area contributed by atoms with Gasteiger partial charge in [-0.2, -0.15) is 0 Å². The highest BCUT2D eigenvalue weighted by molar-refractivity contribution is 5.90. The molecule has 0 radical (unpaired) electrons. The second-order valence-electron chi connectivity index (χ2n) is 13.5. The number of amides is 3. The minimum absolute atomic E-state index is 0.0163. The van der Waals surface area contributed by atoms with Crippen LogP contribution in [-0.2, 0) is 36.9 Å². The Hall–Kier alpha value is -3.88. The largest absolute Gasteiger partial charge is 0.460 e. The summed E-state index contributed by atoms with van der Waals surface area (Å²) in [7, 11) is 0.